The van der Waals surface area contributed by atoms with Gasteiger partial charge in [0.2, 0.25) is 5.91 Å². The first kappa shape index (κ1) is 20.6. The van der Waals surface area contributed by atoms with Gasteiger partial charge in [0.25, 0.3) is 0 Å². The van der Waals surface area contributed by atoms with Crippen LogP contribution in [-0.4, -0.2) is 30.4 Å². The lowest BCUT2D eigenvalue weighted by Crippen LogP contribution is -2.37. The van der Waals surface area contributed by atoms with Crippen LogP contribution in [0.4, 0.5) is 0 Å². The average Bonchev–Trinajstić information content (AvgIpc) is 2.57. The molecule has 0 heterocycles. The number of halogens is 3. The van der Waals surface area contributed by atoms with Gasteiger partial charge in [-0.3, -0.25) is 4.79 Å². The molecule has 1 unspecified atom stereocenters. The van der Waals surface area contributed by atoms with Crippen molar-refractivity contribution in [2.75, 3.05) is 13.7 Å². The van der Waals surface area contributed by atoms with Gasteiger partial charge >= 0.3 is 5.97 Å². The minimum Gasteiger partial charge on any atom is -0.464 e. The minimum absolute atomic E-state index is 0.0307. The van der Waals surface area contributed by atoms with Crippen molar-refractivity contribution >= 4 is 46.7 Å². The van der Waals surface area contributed by atoms with E-state index in [2.05, 4.69) is 0 Å². The molecule has 0 aliphatic rings. The first-order valence-electron chi connectivity index (χ1n) is 7.95. The van der Waals surface area contributed by atoms with E-state index in [1.165, 1.54) is 4.90 Å². The van der Waals surface area contributed by atoms with Crippen molar-refractivity contribution in [3.8, 4) is 0 Å². The first-order valence-corrected chi connectivity index (χ1v) is 9.08. The van der Waals surface area contributed by atoms with Gasteiger partial charge in [0.1, 0.15) is 0 Å². The highest BCUT2D eigenvalue weighted by Crippen LogP contribution is 2.26. The van der Waals surface area contributed by atoms with Gasteiger partial charge in [-0.1, -0.05) is 53.0 Å². The van der Waals surface area contributed by atoms with E-state index < -0.39 is 12.0 Å². The molecular weight excluding hydrogens is 397 g/mol. The van der Waals surface area contributed by atoms with E-state index in [1.54, 1.807) is 56.4 Å². The Morgan fingerprint density at radius 3 is 2.38 bits per heavy atom. The van der Waals surface area contributed by atoms with Crippen LogP contribution in [0.1, 0.15) is 24.1 Å². The number of likely N-dealkylation sites (N-methyl/N-ethyl adjacent to an activating group) is 1. The predicted octanol–water partition coefficient (Wildman–Crippen LogP) is 4.95. The zero-order valence-electron chi connectivity index (χ0n) is 14.3. The Morgan fingerprint density at radius 2 is 1.77 bits per heavy atom. The molecule has 0 fully saturated rings. The van der Waals surface area contributed by atoms with E-state index in [4.69, 9.17) is 39.5 Å². The zero-order valence-corrected chi connectivity index (χ0v) is 16.6. The predicted molar refractivity (Wildman–Crippen MR) is 104 cm³/mol. The van der Waals surface area contributed by atoms with Crippen LogP contribution in [0.3, 0.4) is 0 Å². The van der Waals surface area contributed by atoms with E-state index in [0.717, 1.165) is 0 Å². The van der Waals surface area contributed by atoms with Gasteiger partial charge in [-0.2, -0.15) is 0 Å². The molecule has 0 spiro atoms. The maximum absolute atomic E-state index is 12.8. The second kappa shape index (κ2) is 9.26. The Bertz CT molecular complexity index is 810. The summed E-state index contributed by atoms with van der Waals surface area (Å²) in [6, 6.07) is 10.8. The lowest BCUT2D eigenvalue weighted by molar-refractivity contribution is -0.154. The van der Waals surface area contributed by atoms with Crippen molar-refractivity contribution in [1.82, 2.24) is 4.90 Å². The summed E-state index contributed by atoms with van der Waals surface area (Å²) in [7, 11) is 1.55. The van der Waals surface area contributed by atoms with Crippen LogP contribution >= 0.6 is 34.8 Å². The first-order chi connectivity index (χ1) is 12.3. The van der Waals surface area contributed by atoms with E-state index in [9.17, 15) is 9.59 Å². The second-order valence-corrected chi connectivity index (χ2v) is 6.91. The number of rotatable bonds is 6. The Labute approximate surface area is 167 Å². The molecule has 0 N–H and O–H groups in total. The number of carbonyl (C=O) groups excluding carboxylic acids is 2. The minimum atomic E-state index is -0.896. The highest BCUT2D eigenvalue weighted by molar-refractivity contribution is 6.35. The Balaban J connectivity index is 2.28. The third-order valence-corrected chi connectivity index (χ3v) is 4.63. The van der Waals surface area contributed by atoms with Gasteiger partial charge in [0, 0.05) is 22.1 Å². The van der Waals surface area contributed by atoms with Crippen LogP contribution in [-0.2, 0) is 20.7 Å². The molecule has 2 rings (SSSR count). The number of amides is 1. The molecule has 0 saturated heterocycles. The molecule has 0 saturated carbocycles. The van der Waals surface area contributed by atoms with Crippen LogP contribution < -0.4 is 0 Å². The molecule has 0 radical (unpaired) electrons. The molecule has 2 aromatic carbocycles. The smallest absolute Gasteiger partial charge is 0.333 e. The normalized spacial score (nSPS) is 11.7. The maximum Gasteiger partial charge on any atom is 0.333 e. The highest BCUT2D eigenvalue weighted by Gasteiger charge is 2.30. The number of carbonyl (C=O) groups is 2. The van der Waals surface area contributed by atoms with Crippen LogP contribution in [0.25, 0.3) is 0 Å². The molecular formula is C19H18Cl3NO3. The summed E-state index contributed by atoms with van der Waals surface area (Å²) >= 11 is 18.1. The number of hydrogen-bond acceptors (Lipinski definition) is 3. The van der Waals surface area contributed by atoms with Gasteiger partial charge in [-0.15, -0.1) is 0 Å². The van der Waals surface area contributed by atoms with E-state index in [1.807, 2.05) is 0 Å². The Kier molecular flexibility index (Phi) is 7.33. The van der Waals surface area contributed by atoms with Crippen molar-refractivity contribution in [2.45, 2.75) is 19.4 Å². The second-order valence-electron chi connectivity index (χ2n) is 5.63. The van der Waals surface area contributed by atoms with E-state index >= 15 is 0 Å². The Morgan fingerprint density at radius 1 is 1.08 bits per heavy atom. The molecule has 1 atom stereocenters. The molecule has 0 bridgehead atoms. The zero-order chi connectivity index (χ0) is 19.3. The molecule has 0 aliphatic carbocycles. The fourth-order valence-electron chi connectivity index (χ4n) is 2.51. The molecule has 1 amide bonds. The average molecular weight is 415 g/mol. The third-order valence-electron chi connectivity index (χ3n) is 3.81. The van der Waals surface area contributed by atoms with Crippen LogP contribution in [0.5, 0.6) is 0 Å². The molecule has 7 heteroatoms. The lowest BCUT2D eigenvalue weighted by atomic mass is 10.0. The van der Waals surface area contributed by atoms with E-state index in [0.29, 0.717) is 26.2 Å². The molecule has 26 heavy (non-hydrogen) atoms. The van der Waals surface area contributed by atoms with Crippen LogP contribution in [0.2, 0.25) is 15.1 Å². The molecule has 2 aromatic rings. The van der Waals surface area contributed by atoms with Gasteiger partial charge < -0.3 is 9.64 Å². The van der Waals surface area contributed by atoms with Crippen molar-refractivity contribution in [1.29, 1.82) is 0 Å². The SMILES string of the molecule is CCOC(=O)C(c1cccc(Cl)c1)N(C)C(=O)Cc1ccc(Cl)cc1Cl. The molecule has 138 valence electrons. The number of esters is 1. The number of hydrogen-bond donors (Lipinski definition) is 0. The van der Waals surface area contributed by atoms with E-state index in [-0.39, 0.29) is 18.9 Å². The van der Waals surface area contributed by atoms with Gasteiger partial charge in [-0.25, -0.2) is 4.79 Å². The fourth-order valence-corrected chi connectivity index (χ4v) is 3.19. The van der Waals surface area contributed by atoms with Gasteiger partial charge in [-0.05, 0) is 42.3 Å². The summed E-state index contributed by atoms with van der Waals surface area (Å²) in [6.45, 7) is 1.92. The van der Waals surface area contributed by atoms with Crippen molar-refractivity contribution in [2.24, 2.45) is 0 Å². The highest BCUT2D eigenvalue weighted by atomic mass is 35.5. The third kappa shape index (κ3) is 5.13. The monoisotopic (exact) mass is 413 g/mol. The Hall–Kier alpha value is -1.75. The van der Waals surface area contributed by atoms with Gasteiger partial charge in [0.05, 0.1) is 13.0 Å². The van der Waals surface area contributed by atoms with Crippen LogP contribution in [0, 0.1) is 0 Å². The maximum atomic E-state index is 12.8. The summed E-state index contributed by atoms with van der Waals surface area (Å²) in [4.78, 5) is 26.6. The summed E-state index contributed by atoms with van der Waals surface area (Å²) in [5, 5.41) is 1.36. The quantitative estimate of drug-likeness (QED) is 0.628. The summed E-state index contributed by atoms with van der Waals surface area (Å²) < 4.78 is 5.14. The molecule has 0 aliphatic heterocycles. The fraction of sp³-hybridized carbons (Fsp3) is 0.263. The summed E-state index contributed by atoms with van der Waals surface area (Å²) in [6.07, 6.45) is 0.0307. The summed E-state index contributed by atoms with van der Waals surface area (Å²) in [5.41, 5.74) is 1.20. The van der Waals surface area contributed by atoms with Crippen molar-refractivity contribution in [3.05, 3.63) is 68.7 Å². The van der Waals surface area contributed by atoms with Gasteiger partial charge in [0.15, 0.2) is 6.04 Å². The van der Waals surface area contributed by atoms with Crippen molar-refractivity contribution < 1.29 is 14.3 Å². The largest absolute Gasteiger partial charge is 0.464 e. The number of benzene rings is 2. The van der Waals surface area contributed by atoms with Crippen LogP contribution in [0.15, 0.2) is 42.5 Å². The van der Waals surface area contributed by atoms with Crippen molar-refractivity contribution in [3.63, 3.8) is 0 Å². The molecule has 0 aromatic heterocycles. The standard InChI is InChI=1S/C19H18Cl3NO3/c1-3-26-19(25)18(13-5-4-6-14(20)9-13)23(2)17(24)10-12-7-8-15(21)11-16(12)22/h4-9,11,18H,3,10H2,1-2H3. The number of ether oxygens (including phenoxy) is 1. The topological polar surface area (TPSA) is 46.6 Å². The number of nitrogens with zero attached hydrogens (tertiary/aromatic N) is 1. The lowest BCUT2D eigenvalue weighted by Gasteiger charge is -2.27. The molecule has 4 nitrogen and oxygen atoms in total. The summed E-state index contributed by atoms with van der Waals surface area (Å²) in [5.74, 6) is -0.805.